The topological polar surface area (TPSA) is 99.2 Å². The fraction of sp³-hybridized carbons (Fsp3) is 0.462. The molecular weight excluding hydrogens is 465 g/mol. The van der Waals surface area contributed by atoms with Crippen LogP contribution in [0.3, 0.4) is 0 Å². The second kappa shape index (κ2) is 12.0. The summed E-state index contributed by atoms with van der Waals surface area (Å²) < 4.78 is 20.0. The molecule has 3 atom stereocenters. The minimum Gasteiger partial charge on any atom is -0.480 e. The maximum Gasteiger partial charge on any atom is 0.328 e. The van der Waals surface area contributed by atoms with Gasteiger partial charge >= 0.3 is 5.97 Å². The Bertz CT molecular complexity index is 1040. The van der Waals surface area contributed by atoms with E-state index in [1.807, 2.05) is 65.7 Å². The van der Waals surface area contributed by atoms with Gasteiger partial charge in [0, 0.05) is 19.3 Å². The molecule has 0 spiro atoms. The molecule has 2 aromatic carbocycles. The van der Waals surface area contributed by atoms with E-state index in [0.29, 0.717) is 38.8 Å². The first kappa shape index (κ1) is 25.6. The summed E-state index contributed by atoms with van der Waals surface area (Å²) in [6.45, 7) is 1.43. The normalized spacial score (nSPS) is 22.7. The van der Waals surface area contributed by atoms with Crippen molar-refractivity contribution >= 4 is 19.4 Å². The molecule has 2 aliphatic rings. The molecule has 35 heavy (non-hydrogen) atoms. The molecule has 188 valence electrons. The molecular formula is C26H34N3O5P. The predicted molar refractivity (Wildman–Crippen MR) is 134 cm³/mol. The van der Waals surface area contributed by atoms with Gasteiger partial charge in [-0.3, -0.25) is 14.4 Å². The Balaban J connectivity index is 1.49. The van der Waals surface area contributed by atoms with E-state index in [-0.39, 0.29) is 18.7 Å². The number of carboxylic acids is 1. The van der Waals surface area contributed by atoms with Crippen LogP contribution in [0.15, 0.2) is 60.7 Å². The minimum absolute atomic E-state index is 0.172. The van der Waals surface area contributed by atoms with Crippen LogP contribution in [0.1, 0.15) is 43.2 Å². The zero-order valence-electron chi connectivity index (χ0n) is 19.9. The van der Waals surface area contributed by atoms with E-state index in [0.717, 1.165) is 24.0 Å². The highest BCUT2D eigenvalue weighted by molar-refractivity contribution is 7.56. The average molecular weight is 500 g/mol. The Kier molecular flexibility index (Phi) is 8.74. The van der Waals surface area contributed by atoms with Gasteiger partial charge in [-0.1, -0.05) is 60.7 Å². The van der Waals surface area contributed by atoms with E-state index in [2.05, 4.69) is 5.09 Å². The van der Waals surface area contributed by atoms with Gasteiger partial charge in [0.2, 0.25) is 0 Å². The summed E-state index contributed by atoms with van der Waals surface area (Å²) in [5, 5.41) is 16.0. The van der Waals surface area contributed by atoms with Gasteiger partial charge < -0.3 is 9.63 Å². The lowest BCUT2D eigenvalue weighted by molar-refractivity contribution is -0.174. The highest BCUT2D eigenvalue weighted by Crippen LogP contribution is 2.45. The molecule has 1 unspecified atom stereocenters. The summed E-state index contributed by atoms with van der Waals surface area (Å²) in [7, 11) is -3.40. The van der Waals surface area contributed by atoms with E-state index in [1.165, 1.54) is 5.01 Å². The average Bonchev–Trinajstić information content (AvgIpc) is 3.02. The van der Waals surface area contributed by atoms with Crippen molar-refractivity contribution in [3.8, 4) is 0 Å². The van der Waals surface area contributed by atoms with Crippen molar-refractivity contribution in [1.82, 2.24) is 15.1 Å². The van der Waals surface area contributed by atoms with Crippen molar-refractivity contribution in [1.29, 1.82) is 0 Å². The molecule has 4 rings (SSSR count). The molecule has 0 aliphatic carbocycles. The van der Waals surface area contributed by atoms with Gasteiger partial charge in [-0.05, 0) is 49.7 Å². The molecule has 2 N–H and O–H groups in total. The SMILES string of the molecule is O=C(O)[C@@H]1CCCN2CCC[C@H](NP(=O)(CCCc3ccccc3)OCc3ccccc3)C(=O)N12. The second-order valence-electron chi connectivity index (χ2n) is 9.20. The zero-order chi connectivity index (χ0) is 24.7. The zero-order valence-corrected chi connectivity index (χ0v) is 20.8. The number of carbonyl (C=O) groups is 2. The number of hydrogen-bond donors (Lipinski definition) is 2. The number of carbonyl (C=O) groups excluding carboxylic acids is 1. The monoisotopic (exact) mass is 499 g/mol. The van der Waals surface area contributed by atoms with Crippen LogP contribution in [0, 0.1) is 0 Å². The van der Waals surface area contributed by atoms with Crippen LogP contribution in [-0.2, 0) is 31.7 Å². The van der Waals surface area contributed by atoms with Crippen molar-refractivity contribution in [2.45, 2.75) is 57.2 Å². The summed E-state index contributed by atoms with van der Waals surface area (Å²) in [6.07, 6.45) is 4.01. The molecule has 2 heterocycles. The predicted octanol–water partition coefficient (Wildman–Crippen LogP) is 4.07. The molecule has 2 fully saturated rings. The van der Waals surface area contributed by atoms with Crippen LogP contribution >= 0.6 is 7.52 Å². The highest BCUT2D eigenvalue weighted by Gasteiger charge is 2.43. The quantitative estimate of drug-likeness (QED) is 0.476. The van der Waals surface area contributed by atoms with Crippen LogP contribution in [0.2, 0.25) is 0 Å². The third kappa shape index (κ3) is 6.79. The van der Waals surface area contributed by atoms with E-state index >= 15 is 0 Å². The number of nitrogens with zero attached hydrogens (tertiary/aromatic N) is 2. The Hall–Kier alpha value is -2.51. The molecule has 1 amide bonds. The van der Waals surface area contributed by atoms with E-state index in [4.69, 9.17) is 4.52 Å². The number of aliphatic carboxylic acids is 1. The van der Waals surface area contributed by atoms with Gasteiger partial charge in [0.1, 0.15) is 6.04 Å². The van der Waals surface area contributed by atoms with Crippen molar-refractivity contribution < 1.29 is 23.8 Å². The third-order valence-corrected chi connectivity index (χ3v) is 8.76. The molecule has 0 bridgehead atoms. The lowest BCUT2D eigenvalue weighted by Crippen LogP contribution is -2.60. The first-order valence-electron chi connectivity index (χ1n) is 12.4. The summed E-state index contributed by atoms with van der Waals surface area (Å²) in [5.41, 5.74) is 2.05. The number of hydrazine groups is 1. The summed E-state index contributed by atoms with van der Waals surface area (Å²) in [4.78, 5) is 25.4. The standard InChI is InChI=1S/C26H34N3O5P/c30-25-23(15-7-17-28-18-8-16-24(26(31)32)29(25)28)27-35(33,34-20-22-12-5-2-6-13-22)19-9-14-21-10-3-1-4-11-21/h1-6,10-13,23-24H,7-9,14-20H2,(H,27,33)(H,31,32)/t23-,24-,35?/m0/s1. The number of nitrogens with one attached hydrogen (secondary N) is 1. The largest absolute Gasteiger partial charge is 0.480 e. The molecule has 0 radical (unpaired) electrons. The number of fused-ring (bicyclic) bond motifs is 1. The van der Waals surface area contributed by atoms with E-state index < -0.39 is 25.6 Å². The number of benzene rings is 2. The van der Waals surface area contributed by atoms with Crippen molar-refractivity contribution in [2.24, 2.45) is 0 Å². The molecule has 0 saturated carbocycles. The first-order chi connectivity index (χ1) is 17.0. The number of aryl methyl sites for hydroxylation is 1. The van der Waals surface area contributed by atoms with Crippen LogP contribution in [0.5, 0.6) is 0 Å². The fourth-order valence-electron chi connectivity index (χ4n) is 4.81. The van der Waals surface area contributed by atoms with Gasteiger partial charge in [-0.15, -0.1) is 0 Å². The maximum absolute atomic E-state index is 14.0. The molecule has 8 nitrogen and oxygen atoms in total. The summed E-state index contributed by atoms with van der Waals surface area (Å²) >= 11 is 0. The van der Waals surface area contributed by atoms with E-state index in [9.17, 15) is 19.3 Å². The van der Waals surface area contributed by atoms with Crippen molar-refractivity contribution in [3.63, 3.8) is 0 Å². The second-order valence-corrected chi connectivity index (χ2v) is 11.5. The molecule has 2 aromatic rings. The van der Waals surface area contributed by atoms with Crippen molar-refractivity contribution in [3.05, 3.63) is 71.8 Å². The Morgan fingerprint density at radius 3 is 2.29 bits per heavy atom. The molecule has 0 aromatic heterocycles. The molecule has 9 heteroatoms. The van der Waals surface area contributed by atoms with Crippen LogP contribution in [-0.4, -0.2) is 58.3 Å². The Morgan fingerprint density at radius 1 is 1.00 bits per heavy atom. The van der Waals surface area contributed by atoms with Crippen molar-refractivity contribution in [2.75, 3.05) is 19.3 Å². The number of hydrogen-bond acceptors (Lipinski definition) is 5. The fourth-order valence-corrected chi connectivity index (χ4v) is 6.79. The number of rotatable bonds is 10. The van der Waals surface area contributed by atoms with Crippen LogP contribution < -0.4 is 5.09 Å². The van der Waals surface area contributed by atoms with Crippen LogP contribution in [0.25, 0.3) is 0 Å². The Labute approximate surface area is 206 Å². The number of carboxylic acid groups (broad SMARTS) is 1. The molecule has 2 aliphatic heterocycles. The van der Waals surface area contributed by atoms with Gasteiger partial charge in [0.05, 0.1) is 12.6 Å². The Morgan fingerprint density at radius 2 is 1.63 bits per heavy atom. The van der Waals surface area contributed by atoms with Crippen LogP contribution in [0.4, 0.5) is 0 Å². The van der Waals surface area contributed by atoms with E-state index in [1.54, 1.807) is 0 Å². The van der Waals surface area contributed by atoms with Gasteiger partial charge in [-0.25, -0.2) is 14.9 Å². The smallest absolute Gasteiger partial charge is 0.328 e. The maximum atomic E-state index is 14.0. The first-order valence-corrected chi connectivity index (χ1v) is 14.2. The summed E-state index contributed by atoms with van der Waals surface area (Å²) in [6, 6.07) is 17.9. The highest BCUT2D eigenvalue weighted by atomic mass is 31.2. The van der Waals surface area contributed by atoms with Gasteiger partial charge in [0.15, 0.2) is 0 Å². The van der Waals surface area contributed by atoms with Gasteiger partial charge in [0.25, 0.3) is 13.4 Å². The lowest BCUT2D eigenvalue weighted by Gasteiger charge is -2.42. The van der Waals surface area contributed by atoms with Gasteiger partial charge in [-0.2, -0.15) is 0 Å². The lowest BCUT2D eigenvalue weighted by atomic mass is 10.1. The summed E-state index contributed by atoms with van der Waals surface area (Å²) in [5.74, 6) is -1.34. The number of amides is 1. The molecule has 2 saturated heterocycles. The third-order valence-electron chi connectivity index (χ3n) is 6.61. The minimum atomic E-state index is -3.40.